The molecule has 7 nitrogen and oxygen atoms in total. The summed E-state index contributed by atoms with van der Waals surface area (Å²) in [5.41, 5.74) is 1.48. The summed E-state index contributed by atoms with van der Waals surface area (Å²) in [4.78, 5) is 40.7. The number of aliphatic hydroxyl groups is 1. The van der Waals surface area contributed by atoms with Crippen molar-refractivity contribution < 1.29 is 24.6 Å². The lowest BCUT2D eigenvalue weighted by Gasteiger charge is -2.44. The van der Waals surface area contributed by atoms with Gasteiger partial charge in [0.25, 0.3) is 0 Å². The van der Waals surface area contributed by atoms with Gasteiger partial charge in [0.1, 0.15) is 17.5 Å². The Hall–Kier alpha value is -3.97. The Bertz CT molecular complexity index is 1320. The van der Waals surface area contributed by atoms with Gasteiger partial charge in [-0.25, -0.2) is 0 Å². The number of hydrogen-bond acceptors (Lipinski definition) is 5. The molecular formula is C29H30N2O5. The largest absolute Gasteiger partial charge is 0.508 e. The number of aromatic hydroxyl groups is 1. The van der Waals surface area contributed by atoms with Crippen LogP contribution in [0.15, 0.2) is 72.8 Å². The third kappa shape index (κ3) is 5.02. The summed E-state index contributed by atoms with van der Waals surface area (Å²) in [6.45, 7) is 5.13. The molecule has 0 heterocycles. The smallest absolute Gasteiger partial charge is 0.235 e. The maximum atomic E-state index is 13.7. The Kier molecular flexibility index (Phi) is 6.95. The summed E-state index contributed by atoms with van der Waals surface area (Å²) in [6.07, 6.45) is -0.361. The van der Waals surface area contributed by atoms with E-state index in [-0.39, 0.29) is 12.2 Å². The molecule has 4 rings (SSSR count). The van der Waals surface area contributed by atoms with Gasteiger partial charge in [-0.05, 0) is 61.7 Å². The highest BCUT2D eigenvalue weighted by Crippen LogP contribution is 2.47. The number of ketones is 1. The lowest BCUT2D eigenvalue weighted by molar-refractivity contribution is -0.150. The van der Waals surface area contributed by atoms with Crippen LogP contribution >= 0.6 is 0 Å². The summed E-state index contributed by atoms with van der Waals surface area (Å²) >= 11 is 0. The molecule has 0 bridgehead atoms. The normalized spacial score (nSPS) is 23.7. The van der Waals surface area contributed by atoms with Crippen LogP contribution in [0.3, 0.4) is 0 Å². The molecule has 1 aliphatic rings. The highest BCUT2D eigenvalue weighted by atomic mass is 16.3. The van der Waals surface area contributed by atoms with E-state index in [1.165, 1.54) is 19.1 Å². The van der Waals surface area contributed by atoms with Crippen molar-refractivity contribution in [2.75, 3.05) is 10.6 Å². The van der Waals surface area contributed by atoms with E-state index < -0.39 is 41.0 Å². The number of benzene rings is 3. The minimum atomic E-state index is -1.72. The Morgan fingerprint density at radius 3 is 1.97 bits per heavy atom. The van der Waals surface area contributed by atoms with Crippen molar-refractivity contribution in [3.63, 3.8) is 0 Å². The van der Waals surface area contributed by atoms with Gasteiger partial charge in [-0.1, -0.05) is 48.5 Å². The first-order valence-corrected chi connectivity index (χ1v) is 11.9. The molecule has 3 aromatic rings. The van der Waals surface area contributed by atoms with Crippen molar-refractivity contribution in [1.29, 1.82) is 0 Å². The van der Waals surface area contributed by atoms with Gasteiger partial charge in [0.15, 0.2) is 0 Å². The van der Waals surface area contributed by atoms with Crippen molar-refractivity contribution >= 4 is 29.0 Å². The number of nitrogens with one attached hydrogen (secondary N) is 2. The highest BCUT2D eigenvalue weighted by Gasteiger charge is 2.56. The number of carbonyl (C=O) groups is 3. The van der Waals surface area contributed by atoms with E-state index in [9.17, 15) is 24.6 Å². The van der Waals surface area contributed by atoms with Crippen LogP contribution in [0.1, 0.15) is 36.0 Å². The minimum Gasteiger partial charge on any atom is -0.508 e. The lowest BCUT2D eigenvalue weighted by atomic mass is 9.61. The second-order valence-electron chi connectivity index (χ2n) is 9.68. The quantitative estimate of drug-likeness (QED) is 0.401. The molecule has 186 valence electrons. The minimum absolute atomic E-state index is 0.0683. The van der Waals surface area contributed by atoms with Crippen LogP contribution < -0.4 is 10.6 Å². The van der Waals surface area contributed by atoms with E-state index in [4.69, 9.17) is 0 Å². The zero-order chi connectivity index (χ0) is 26.0. The van der Waals surface area contributed by atoms with E-state index in [1.54, 1.807) is 36.4 Å². The van der Waals surface area contributed by atoms with Crippen molar-refractivity contribution in [3.8, 4) is 5.75 Å². The monoisotopic (exact) mass is 486 g/mol. The summed E-state index contributed by atoms with van der Waals surface area (Å²) in [5, 5.41) is 27.3. The molecule has 1 saturated carbocycles. The van der Waals surface area contributed by atoms with Gasteiger partial charge in [0, 0.05) is 23.7 Å². The van der Waals surface area contributed by atoms with Gasteiger partial charge in [-0.2, -0.15) is 0 Å². The molecule has 0 aromatic heterocycles. The predicted molar refractivity (Wildman–Crippen MR) is 138 cm³/mol. The number of carbonyl (C=O) groups excluding carboxylic acids is 3. The number of amides is 2. The fourth-order valence-electron chi connectivity index (χ4n) is 5.07. The fraction of sp³-hybridized carbons (Fsp3) is 0.276. The maximum Gasteiger partial charge on any atom is 0.235 e. The van der Waals surface area contributed by atoms with Crippen LogP contribution in [0.2, 0.25) is 0 Å². The number of hydrogen-bond donors (Lipinski definition) is 4. The van der Waals surface area contributed by atoms with Gasteiger partial charge in [-0.15, -0.1) is 0 Å². The maximum absolute atomic E-state index is 13.7. The Balaban J connectivity index is 1.79. The van der Waals surface area contributed by atoms with Crippen molar-refractivity contribution in [1.82, 2.24) is 0 Å². The van der Waals surface area contributed by atoms with Crippen LogP contribution in [0.4, 0.5) is 11.4 Å². The zero-order valence-electron chi connectivity index (χ0n) is 20.5. The van der Waals surface area contributed by atoms with E-state index in [0.29, 0.717) is 16.9 Å². The first kappa shape index (κ1) is 25.1. The van der Waals surface area contributed by atoms with Crippen LogP contribution in [-0.2, 0) is 14.4 Å². The second kappa shape index (κ2) is 9.95. The van der Waals surface area contributed by atoms with Crippen molar-refractivity contribution in [2.24, 2.45) is 11.8 Å². The van der Waals surface area contributed by atoms with Gasteiger partial charge >= 0.3 is 0 Å². The van der Waals surface area contributed by atoms with Crippen LogP contribution in [0.25, 0.3) is 0 Å². The van der Waals surface area contributed by atoms with Crippen LogP contribution in [-0.4, -0.2) is 33.4 Å². The molecule has 4 N–H and O–H groups in total. The molecule has 4 unspecified atom stereocenters. The van der Waals surface area contributed by atoms with E-state index in [2.05, 4.69) is 10.6 Å². The Morgan fingerprint density at radius 2 is 1.42 bits per heavy atom. The topological polar surface area (TPSA) is 116 Å². The van der Waals surface area contributed by atoms with Gasteiger partial charge < -0.3 is 20.8 Å². The van der Waals surface area contributed by atoms with Crippen molar-refractivity contribution in [2.45, 2.75) is 38.7 Å². The molecule has 0 saturated heterocycles. The second-order valence-corrected chi connectivity index (χ2v) is 9.68. The van der Waals surface area contributed by atoms with E-state index in [1.807, 2.05) is 38.1 Å². The molecule has 2 amide bonds. The number of Topliss-reactive ketones (excluding diaryl/α,β-unsaturated/α-hetero) is 1. The van der Waals surface area contributed by atoms with Crippen LogP contribution in [0, 0.1) is 25.7 Å². The molecule has 0 spiro atoms. The molecule has 7 heteroatoms. The number of aryl methyl sites for hydroxylation is 2. The van der Waals surface area contributed by atoms with Crippen LogP contribution in [0.5, 0.6) is 5.75 Å². The summed E-state index contributed by atoms with van der Waals surface area (Å²) < 4.78 is 0. The summed E-state index contributed by atoms with van der Waals surface area (Å²) in [5.74, 6) is -5.03. The molecular weight excluding hydrogens is 456 g/mol. The average Bonchev–Trinajstić information content (AvgIpc) is 2.80. The summed E-state index contributed by atoms with van der Waals surface area (Å²) in [6, 6.07) is 20.6. The third-order valence-corrected chi connectivity index (χ3v) is 6.89. The SMILES string of the molecule is Cc1ccccc1NC(=O)C1C(=O)CC(C)(O)C(C(=O)Nc2ccccc2C)C1c1cccc(O)c1. The molecule has 0 radical (unpaired) electrons. The zero-order valence-corrected chi connectivity index (χ0v) is 20.5. The number of anilines is 2. The summed E-state index contributed by atoms with van der Waals surface area (Å²) in [7, 11) is 0. The third-order valence-electron chi connectivity index (χ3n) is 6.89. The van der Waals surface area contributed by atoms with Crippen molar-refractivity contribution in [3.05, 3.63) is 89.5 Å². The molecule has 1 aliphatic carbocycles. The standard InChI is InChI=1S/C29H30N2O5/c1-17-9-4-6-13-21(17)30-27(34)25-23(33)16-29(3,36)26(24(25)19-11-8-12-20(32)15-19)28(35)31-22-14-7-5-10-18(22)2/h4-15,24-26,32,36H,16H2,1-3H3,(H,30,34)(H,31,35). The molecule has 4 atom stereocenters. The van der Waals surface area contributed by atoms with Gasteiger partial charge in [0.05, 0.1) is 11.5 Å². The fourth-order valence-corrected chi connectivity index (χ4v) is 5.07. The highest BCUT2D eigenvalue weighted by molar-refractivity contribution is 6.10. The molecule has 3 aromatic carbocycles. The average molecular weight is 487 g/mol. The number of rotatable bonds is 5. The number of para-hydroxylation sites is 2. The Morgan fingerprint density at radius 1 is 0.861 bits per heavy atom. The number of phenols is 1. The van der Waals surface area contributed by atoms with Gasteiger partial charge in [-0.3, -0.25) is 14.4 Å². The lowest BCUT2D eigenvalue weighted by Crippen LogP contribution is -2.56. The number of phenolic OH excluding ortho intramolecular Hbond substituents is 1. The van der Waals surface area contributed by atoms with E-state index in [0.717, 1.165) is 11.1 Å². The first-order valence-electron chi connectivity index (χ1n) is 11.9. The first-order chi connectivity index (χ1) is 17.1. The Labute approximate surface area is 210 Å². The molecule has 36 heavy (non-hydrogen) atoms. The molecule has 0 aliphatic heterocycles. The van der Waals surface area contributed by atoms with E-state index >= 15 is 0 Å². The van der Waals surface area contributed by atoms with Gasteiger partial charge in [0.2, 0.25) is 11.8 Å². The molecule has 1 fully saturated rings. The predicted octanol–water partition coefficient (Wildman–Crippen LogP) is 4.33.